The van der Waals surface area contributed by atoms with E-state index < -0.39 is 29.1 Å². The highest BCUT2D eigenvalue weighted by Gasteiger charge is 2.15. The second-order valence-electron chi connectivity index (χ2n) is 5.08. The molecule has 0 spiro atoms. The van der Waals surface area contributed by atoms with Gasteiger partial charge in [-0.25, -0.2) is 18.0 Å². The lowest BCUT2D eigenvalue weighted by atomic mass is 10.2. The predicted octanol–water partition coefficient (Wildman–Crippen LogP) is 3.64. The molecule has 0 saturated heterocycles. The normalized spacial score (nSPS) is 11.7. The number of benzene rings is 1. The minimum atomic E-state index is -1.26. The Kier molecular flexibility index (Phi) is 5.19. The molecular weight excluding hydrogens is 271 g/mol. The minimum Gasteiger partial charge on any atom is -0.444 e. The summed E-state index contributed by atoms with van der Waals surface area (Å²) in [6, 6.07) is 1.33. The van der Waals surface area contributed by atoms with Crippen molar-refractivity contribution >= 4 is 12.2 Å². The molecule has 0 atom stereocenters. The molecule has 20 heavy (non-hydrogen) atoms. The van der Waals surface area contributed by atoms with E-state index in [-0.39, 0.29) is 12.1 Å². The van der Waals surface area contributed by atoms with Gasteiger partial charge in [0.25, 0.3) is 0 Å². The lowest BCUT2D eigenvalue weighted by Gasteiger charge is -2.19. The molecule has 0 aliphatic rings. The Hall–Kier alpha value is -1.98. The van der Waals surface area contributed by atoms with Crippen LogP contribution in [0.25, 0.3) is 6.08 Å². The van der Waals surface area contributed by atoms with Crippen molar-refractivity contribution in [3.8, 4) is 0 Å². The monoisotopic (exact) mass is 287 g/mol. The van der Waals surface area contributed by atoms with Crippen molar-refractivity contribution in [3.63, 3.8) is 0 Å². The number of alkyl carbamates (subject to hydrolysis) is 1. The van der Waals surface area contributed by atoms with E-state index in [1.54, 1.807) is 20.8 Å². The Labute approximate surface area is 115 Å². The molecule has 1 N–H and O–H groups in total. The van der Waals surface area contributed by atoms with E-state index in [1.165, 1.54) is 12.2 Å². The number of carbonyl (C=O) groups excluding carboxylic acids is 1. The number of nitrogens with one attached hydrogen (secondary N) is 1. The summed E-state index contributed by atoms with van der Waals surface area (Å²) in [5.41, 5.74) is -0.848. The van der Waals surface area contributed by atoms with Gasteiger partial charge in [0.2, 0.25) is 0 Å². The van der Waals surface area contributed by atoms with E-state index in [0.29, 0.717) is 6.07 Å². The molecule has 1 rings (SSSR count). The van der Waals surface area contributed by atoms with Crippen molar-refractivity contribution in [2.75, 3.05) is 6.54 Å². The van der Waals surface area contributed by atoms with Crippen molar-refractivity contribution in [3.05, 3.63) is 41.2 Å². The van der Waals surface area contributed by atoms with Crippen molar-refractivity contribution in [2.45, 2.75) is 26.4 Å². The van der Waals surface area contributed by atoms with Crippen molar-refractivity contribution in [1.82, 2.24) is 5.32 Å². The average molecular weight is 287 g/mol. The van der Waals surface area contributed by atoms with Crippen LogP contribution < -0.4 is 5.32 Å². The van der Waals surface area contributed by atoms with Crippen LogP contribution in [0.4, 0.5) is 18.0 Å². The first-order valence-electron chi connectivity index (χ1n) is 5.97. The first-order valence-corrected chi connectivity index (χ1v) is 5.97. The molecule has 6 heteroatoms. The molecule has 0 fully saturated rings. The maximum Gasteiger partial charge on any atom is 0.407 e. The van der Waals surface area contributed by atoms with Crippen molar-refractivity contribution in [1.29, 1.82) is 0 Å². The second-order valence-corrected chi connectivity index (χ2v) is 5.08. The number of ether oxygens (including phenoxy) is 1. The maximum absolute atomic E-state index is 13.3. The third-order valence-electron chi connectivity index (χ3n) is 2.08. The molecule has 0 radical (unpaired) electrons. The Balaban J connectivity index is 2.56. The van der Waals surface area contributed by atoms with Gasteiger partial charge in [0.1, 0.15) is 11.4 Å². The summed E-state index contributed by atoms with van der Waals surface area (Å²) in [4.78, 5) is 11.3. The summed E-state index contributed by atoms with van der Waals surface area (Å²) in [6.45, 7) is 5.19. The third kappa shape index (κ3) is 5.34. The molecule has 1 aromatic carbocycles. The van der Waals surface area contributed by atoms with Gasteiger partial charge in [-0.05, 0) is 26.8 Å². The van der Waals surface area contributed by atoms with Gasteiger partial charge in [0.15, 0.2) is 11.6 Å². The topological polar surface area (TPSA) is 38.3 Å². The average Bonchev–Trinajstić information content (AvgIpc) is 2.28. The molecule has 0 aromatic heterocycles. The van der Waals surface area contributed by atoms with Crippen LogP contribution in [0, 0.1) is 17.5 Å². The fourth-order valence-corrected chi connectivity index (χ4v) is 1.34. The Bertz CT molecular complexity index is 522. The Morgan fingerprint density at radius 2 is 1.95 bits per heavy atom. The first kappa shape index (κ1) is 16.1. The third-order valence-corrected chi connectivity index (χ3v) is 2.08. The zero-order chi connectivity index (χ0) is 15.3. The highest BCUT2D eigenvalue weighted by Crippen LogP contribution is 2.15. The van der Waals surface area contributed by atoms with Crippen LogP contribution in [0.1, 0.15) is 26.3 Å². The largest absolute Gasteiger partial charge is 0.444 e. The van der Waals surface area contributed by atoms with Gasteiger partial charge in [-0.2, -0.15) is 0 Å². The van der Waals surface area contributed by atoms with E-state index in [1.807, 2.05) is 0 Å². The lowest BCUT2D eigenvalue weighted by molar-refractivity contribution is 0.0534. The van der Waals surface area contributed by atoms with Crippen LogP contribution in [0.3, 0.4) is 0 Å². The molecule has 0 aliphatic carbocycles. The summed E-state index contributed by atoms with van der Waals surface area (Å²) in [5.74, 6) is -3.27. The Morgan fingerprint density at radius 3 is 2.55 bits per heavy atom. The maximum atomic E-state index is 13.3. The van der Waals surface area contributed by atoms with Gasteiger partial charge in [-0.1, -0.05) is 12.2 Å². The molecule has 0 unspecified atom stereocenters. The number of halogens is 3. The molecule has 1 amide bonds. The van der Waals surface area contributed by atoms with E-state index in [4.69, 9.17) is 4.74 Å². The van der Waals surface area contributed by atoms with Gasteiger partial charge in [0, 0.05) is 18.2 Å². The van der Waals surface area contributed by atoms with E-state index in [9.17, 15) is 18.0 Å². The van der Waals surface area contributed by atoms with Gasteiger partial charge < -0.3 is 10.1 Å². The molecule has 0 aliphatic heterocycles. The second kappa shape index (κ2) is 6.45. The van der Waals surface area contributed by atoms with Gasteiger partial charge in [-0.3, -0.25) is 0 Å². The fraction of sp³-hybridized carbons (Fsp3) is 0.357. The van der Waals surface area contributed by atoms with Gasteiger partial charge >= 0.3 is 6.09 Å². The zero-order valence-electron chi connectivity index (χ0n) is 11.5. The van der Waals surface area contributed by atoms with Crippen molar-refractivity contribution in [2.24, 2.45) is 0 Å². The summed E-state index contributed by atoms with van der Waals surface area (Å²) >= 11 is 0. The van der Waals surface area contributed by atoms with Gasteiger partial charge in [-0.15, -0.1) is 0 Å². The zero-order valence-corrected chi connectivity index (χ0v) is 11.5. The quantitative estimate of drug-likeness (QED) is 0.862. The fourth-order valence-electron chi connectivity index (χ4n) is 1.34. The molecule has 0 heterocycles. The van der Waals surface area contributed by atoms with Crippen LogP contribution in [-0.2, 0) is 4.74 Å². The molecule has 3 nitrogen and oxygen atoms in total. The predicted molar refractivity (Wildman–Crippen MR) is 69.6 cm³/mol. The summed E-state index contributed by atoms with van der Waals surface area (Å²) in [7, 11) is 0. The smallest absolute Gasteiger partial charge is 0.407 e. The van der Waals surface area contributed by atoms with Crippen LogP contribution in [0.5, 0.6) is 0 Å². The van der Waals surface area contributed by atoms with Crippen LogP contribution in [0.15, 0.2) is 18.2 Å². The van der Waals surface area contributed by atoms with E-state index in [0.717, 1.165) is 6.07 Å². The van der Waals surface area contributed by atoms with E-state index >= 15 is 0 Å². The standard InChI is InChI=1S/C14H16F3NO2/c1-14(2,3)20-13(19)18-6-4-5-9-7-10(15)8-11(16)12(9)17/h4-5,7-8H,6H2,1-3H3,(H,18,19). The number of rotatable bonds is 3. The number of amides is 1. The summed E-state index contributed by atoms with van der Waals surface area (Å²) in [5, 5.41) is 2.40. The minimum absolute atomic E-state index is 0.0481. The summed E-state index contributed by atoms with van der Waals surface area (Å²) < 4.78 is 44.1. The highest BCUT2D eigenvalue weighted by atomic mass is 19.2. The molecule has 1 aromatic rings. The number of hydrogen-bond donors (Lipinski definition) is 1. The van der Waals surface area contributed by atoms with Crippen molar-refractivity contribution < 1.29 is 22.7 Å². The number of hydrogen-bond acceptors (Lipinski definition) is 2. The van der Waals surface area contributed by atoms with Gasteiger partial charge in [0.05, 0.1) is 0 Å². The molecule has 0 saturated carbocycles. The van der Waals surface area contributed by atoms with Crippen LogP contribution in [-0.4, -0.2) is 18.2 Å². The SMILES string of the molecule is CC(C)(C)OC(=O)NCC=Cc1cc(F)cc(F)c1F. The van der Waals surface area contributed by atoms with Crippen LogP contribution >= 0.6 is 0 Å². The lowest BCUT2D eigenvalue weighted by Crippen LogP contribution is -2.32. The first-order chi connectivity index (χ1) is 9.19. The van der Waals surface area contributed by atoms with Crippen LogP contribution in [0.2, 0.25) is 0 Å². The molecule has 110 valence electrons. The summed E-state index contributed by atoms with van der Waals surface area (Å²) in [6.07, 6.45) is 1.91. The van der Waals surface area contributed by atoms with E-state index in [2.05, 4.69) is 5.32 Å². The Morgan fingerprint density at radius 1 is 1.30 bits per heavy atom. The number of carbonyl (C=O) groups is 1. The molecule has 0 bridgehead atoms. The highest BCUT2D eigenvalue weighted by molar-refractivity contribution is 5.68. The molecular formula is C14H16F3NO2.